The second kappa shape index (κ2) is 6.95. The molecule has 1 unspecified atom stereocenters. The van der Waals surface area contributed by atoms with E-state index in [1.807, 2.05) is 0 Å². The largest absolute Gasteiger partial charge is 0.481 e. The molecule has 0 aliphatic carbocycles. The molecule has 1 N–H and O–H groups in total. The summed E-state index contributed by atoms with van der Waals surface area (Å²) in [4.78, 5) is 19.3. The van der Waals surface area contributed by atoms with Crippen molar-refractivity contribution in [2.45, 2.75) is 6.10 Å². The Kier molecular flexibility index (Phi) is 5.00. The van der Waals surface area contributed by atoms with Gasteiger partial charge in [-0.2, -0.15) is 9.97 Å². The van der Waals surface area contributed by atoms with Crippen LogP contribution in [0.4, 0.5) is 0 Å². The molecule has 0 amide bonds. The summed E-state index contributed by atoms with van der Waals surface area (Å²) in [6, 6.07) is 7.62. The Morgan fingerprint density at radius 2 is 1.82 bits per heavy atom. The summed E-state index contributed by atoms with van der Waals surface area (Å²) < 4.78 is 15.3. The Bertz CT molecular complexity index is 658. The van der Waals surface area contributed by atoms with E-state index in [1.54, 1.807) is 18.2 Å². The van der Waals surface area contributed by atoms with Gasteiger partial charge in [-0.15, -0.1) is 0 Å². The molecule has 0 aliphatic rings. The number of ether oxygens (including phenoxy) is 3. The summed E-state index contributed by atoms with van der Waals surface area (Å²) in [5.41, 5.74) is 0.366. The van der Waals surface area contributed by atoms with Gasteiger partial charge in [-0.1, -0.05) is 23.7 Å². The predicted molar refractivity (Wildman–Crippen MR) is 77.6 cm³/mol. The SMILES string of the molecule is COc1cc(OC)nc(OC(C(=O)O)c2cccc(Cl)c2)n1. The van der Waals surface area contributed by atoms with E-state index < -0.39 is 12.1 Å². The van der Waals surface area contributed by atoms with Crippen molar-refractivity contribution in [1.29, 1.82) is 0 Å². The van der Waals surface area contributed by atoms with Crippen molar-refractivity contribution >= 4 is 17.6 Å². The van der Waals surface area contributed by atoms with Crippen molar-refractivity contribution < 1.29 is 24.1 Å². The maximum Gasteiger partial charge on any atom is 0.349 e. The van der Waals surface area contributed by atoms with Gasteiger partial charge in [0, 0.05) is 10.6 Å². The van der Waals surface area contributed by atoms with E-state index in [-0.39, 0.29) is 17.8 Å². The highest BCUT2D eigenvalue weighted by Gasteiger charge is 2.24. The Hall–Kier alpha value is -2.54. The van der Waals surface area contributed by atoms with E-state index in [2.05, 4.69) is 9.97 Å². The molecule has 0 saturated carbocycles. The maximum atomic E-state index is 11.4. The topological polar surface area (TPSA) is 90.8 Å². The quantitative estimate of drug-likeness (QED) is 0.872. The van der Waals surface area contributed by atoms with E-state index in [1.165, 1.54) is 26.4 Å². The summed E-state index contributed by atoms with van der Waals surface area (Å²) in [7, 11) is 2.83. The molecular weight excluding hydrogens is 312 g/mol. The average Bonchev–Trinajstić information content (AvgIpc) is 2.51. The van der Waals surface area contributed by atoms with Crippen LogP contribution in [0, 0.1) is 0 Å². The van der Waals surface area contributed by atoms with Crippen LogP contribution in [0.3, 0.4) is 0 Å². The van der Waals surface area contributed by atoms with Crippen molar-refractivity contribution in [3.63, 3.8) is 0 Å². The molecule has 0 saturated heterocycles. The van der Waals surface area contributed by atoms with Crippen LogP contribution in [0.25, 0.3) is 0 Å². The Balaban J connectivity index is 2.34. The smallest absolute Gasteiger partial charge is 0.349 e. The van der Waals surface area contributed by atoms with E-state index in [0.717, 1.165) is 0 Å². The number of benzene rings is 1. The molecule has 7 nitrogen and oxygen atoms in total. The highest BCUT2D eigenvalue weighted by atomic mass is 35.5. The number of carbonyl (C=O) groups is 1. The monoisotopic (exact) mass is 324 g/mol. The van der Waals surface area contributed by atoms with Gasteiger partial charge in [0.1, 0.15) is 0 Å². The third kappa shape index (κ3) is 3.76. The van der Waals surface area contributed by atoms with Gasteiger partial charge < -0.3 is 19.3 Å². The number of carboxylic acid groups (broad SMARTS) is 1. The molecule has 1 aromatic carbocycles. The highest BCUT2D eigenvalue weighted by Crippen LogP contribution is 2.25. The van der Waals surface area contributed by atoms with Crippen LogP contribution < -0.4 is 14.2 Å². The van der Waals surface area contributed by atoms with Crippen molar-refractivity contribution in [3.8, 4) is 17.8 Å². The van der Waals surface area contributed by atoms with E-state index >= 15 is 0 Å². The standard InChI is InChI=1S/C14H13ClN2O5/c1-20-10-7-11(21-2)17-14(16-10)22-12(13(18)19)8-4-3-5-9(15)6-8/h3-7,12H,1-2H3,(H,18,19). The molecule has 1 atom stereocenters. The average molecular weight is 325 g/mol. The number of methoxy groups -OCH3 is 2. The van der Waals surface area contributed by atoms with Crippen molar-refractivity contribution in [3.05, 3.63) is 40.9 Å². The van der Waals surface area contributed by atoms with Gasteiger partial charge in [0.2, 0.25) is 17.9 Å². The molecule has 2 aromatic rings. The van der Waals surface area contributed by atoms with Crippen LogP contribution in [-0.2, 0) is 4.79 Å². The van der Waals surface area contributed by atoms with E-state index in [4.69, 9.17) is 25.8 Å². The number of rotatable bonds is 6. The van der Waals surface area contributed by atoms with Gasteiger partial charge in [0.05, 0.1) is 20.3 Å². The van der Waals surface area contributed by atoms with Gasteiger partial charge in [0.25, 0.3) is 0 Å². The number of nitrogens with zero attached hydrogens (tertiary/aromatic N) is 2. The molecular formula is C14H13ClN2O5. The minimum atomic E-state index is -1.31. The third-order valence-corrected chi connectivity index (χ3v) is 2.91. The fraction of sp³-hybridized carbons (Fsp3) is 0.214. The zero-order valence-corrected chi connectivity index (χ0v) is 12.6. The normalized spacial score (nSPS) is 11.6. The van der Waals surface area contributed by atoms with Crippen LogP contribution in [0.5, 0.6) is 17.8 Å². The molecule has 22 heavy (non-hydrogen) atoms. The minimum absolute atomic E-state index is 0.177. The first-order valence-electron chi connectivity index (χ1n) is 6.15. The second-order valence-corrected chi connectivity index (χ2v) is 4.56. The van der Waals surface area contributed by atoms with Crippen LogP contribution in [0.2, 0.25) is 5.02 Å². The Labute approximate surface area is 131 Å². The minimum Gasteiger partial charge on any atom is -0.481 e. The molecule has 0 radical (unpaired) electrons. The fourth-order valence-corrected chi connectivity index (χ4v) is 1.88. The molecule has 0 bridgehead atoms. The van der Waals surface area contributed by atoms with Crippen molar-refractivity contribution in [2.24, 2.45) is 0 Å². The molecule has 2 rings (SSSR count). The number of hydrogen-bond donors (Lipinski definition) is 1. The summed E-state index contributed by atoms with van der Waals surface area (Å²) in [5, 5.41) is 9.75. The first-order valence-corrected chi connectivity index (χ1v) is 6.53. The Morgan fingerprint density at radius 3 is 2.32 bits per heavy atom. The predicted octanol–water partition coefficient (Wildman–Crippen LogP) is 2.35. The van der Waals surface area contributed by atoms with Gasteiger partial charge >= 0.3 is 12.0 Å². The number of carboxylic acids is 1. The second-order valence-electron chi connectivity index (χ2n) is 4.13. The number of hydrogen-bond acceptors (Lipinski definition) is 6. The fourth-order valence-electron chi connectivity index (χ4n) is 1.68. The molecule has 116 valence electrons. The van der Waals surface area contributed by atoms with Gasteiger partial charge in [-0.05, 0) is 12.1 Å². The highest BCUT2D eigenvalue weighted by molar-refractivity contribution is 6.30. The first-order chi connectivity index (χ1) is 10.5. The summed E-state index contributed by atoms with van der Waals surface area (Å²) in [5.74, 6) is -0.818. The van der Waals surface area contributed by atoms with Gasteiger partial charge in [0.15, 0.2) is 0 Å². The number of aliphatic carboxylic acids is 1. The van der Waals surface area contributed by atoms with Crippen LogP contribution in [-0.4, -0.2) is 35.3 Å². The number of aromatic nitrogens is 2. The van der Waals surface area contributed by atoms with Gasteiger partial charge in [-0.25, -0.2) is 4.79 Å². The van der Waals surface area contributed by atoms with E-state index in [9.17, 15) is 9.90 Å². The lowest BCUT2D eigenvalue weighted by Gasteiger charge is -2.15. The van der Waals surface area contributed by atoms with Crippen molar-refractivity contribution in [1.82, 2.24) is 9.97 Å². The lowest BCUT2D eigenvalue weighted by molar-refractivity contribution is -0.145. The molecule has 8 heteroatoms. The summed E-state index contributed by atoms with van der Waals surface area (Å²) >= 11 is 5.87. The maximum absolute atomic E-state index is 11.4. The summed E-state index contributed by atoms with van der Waals surface area (Å²) in [6.07, 6.45) is -1.31. The van der Waals surface area contributed by atoms with Crippen LogP contribution in [0.1, 0.15) is 11.7 Å². The summed E-state index contributed by atoms with van der Waals surface area (Å²) in [6.45, 7) is 0. The lowest BCUT2D eigenvalue weighted by atomic mass is 10.1. The molecule has 0 fully saturated rings. The van der Waals surface area contributed by atoms with E-state index in [0.29, 0.717) is 10.6 Å². The first kappa shape index (κ1) is 15.8. The van der Waals surface area contributed by atoms with Gasteiger partial charge in [-0.3, -0.25) is 0 Å². The molecule has 1 aromatic heterocycles. The zero-order valence-electron chi connectivity index (χ0n) is 11.8. The van der Waals surface area contributed by atoms with Crippen LogP contribution >= 0.6 is 11.6 Å². The number of halogens is 1. The molecule has 0 aliphatic heterocycles. The van der Waals surface area contributed by atoms with Crippen LogP contribution in [0.15, 0.2) is 30.3 Å². The zero-order chi connectivity index (χ0) is 16.1. The molecule has 1 heterocycles. The molecule has 0 spiro atoms. The third-order valence-electron chi connectivity index (χ3n) is 2.68. The Morgan fingerprint density at radius 1 is 1.18 bits per heavy atom. The lowest BCUT2D eigenvalue weighted by Crippen LogP contribution is -2.19. The van der Waals surface area contributed by atoms with Crippen molar-refractivity contribution in [2.75, 3.05) is 14.2 Å².